The highest BCUT2D eigenvalue weighted by Gasteiger charge is 2.25. The Labute approximate surface area is 113 Å². The smallest absolute Gasteiger partial charge is 0.341 e. The van der Waals surface area contributed by atoms with E-state index >= 15 is 0 Å². The van der Waals surface area contributed by atoms with Gasteiger partial charge in [0, 0.05) is 5.69 Å². The molecule has 0 saturated heterocycles. The number of carbonyl (C=O) groups is 1. The van der Waals surface area contributed by atoms with Crippen LogP contribution in [0.25, 0.3) is 0 Å². The van der Waals surface area contributed by atoms with E-state index in [2.05, 4.69) is 4.98 Å². The summed E-state index contributed by atoms with van der Waals surface area (Å²) in [6.07, 6.45) is 4.85. The Morgan fingerprint density at radius 2 is 2.11 bits per heavy atom. The largest absolute Gasteiger partial charge is 0.477 e. The third kappa shape index (κ3) is 3.06. The number of hydrogen-bond acceptors (Lipinski definition) is 3. The lowest BCUT2D eigenvalue weighted by molar-refractivity contribution is 0.0663. The minimum Gasteiger partial charge on any atom is -0.477 e. The zero-order valence-electron chi connectivity index (χ0n) is 11.8. The second kappa shape index (κ2) is 5.19. The van der Waals surface area contributed by atoms with Crippen molar-refractivity contribution in [1.29, 1.82) is 0 Å². The van der Waals surface area contributed by atoms with E-state index in [0.29, 0.717) is 0 Å². The van der Waals surface area contributed by atoms with Crippen molar-refractivity contribution in [2.24, 2.45) is 0 Å². The number of ether oxygens (including phenoxy) is 1. The molecular weight excluding hydrogens is 242 g/mol. The van der Waals surface area contributed by atoms with Crippen LogP contribution in [0, 0.1) is 0 Å². The fraction of sp³-hybridized carbons (Fsp3) is 0.600. The highest BCUT2D eigenvalue weighted by Crippen LogP contribution is 2.29. The van der Waals surface area contributed by atoms with Gasteiger partial charge in [0.15, 0.2) is 0 Å². The summed E-state index contributed by atoms with van der Waals surface area (Å²) in [4.78, 5) is 15.8. The molecule has 1 aliphatic rings. The van der Waals surface area contributed by atoms with Crippen molar-refractivity contribution in [3.8, 4) is 5.88 Å². The van der Waals surface area contributed by atoms with Gasteiger partial charge in [-0.2, -0.15) is 0 Å². The topological polar surface area (TPSA) is 59.4 Å². The number of rotatable bonds is 4. The molecule has 0 aromatic carbocycles. The summed E-state index contributed by atoms with van der Waals surface area (Å²) in [6.45, 7) is 5.90. The first kappa shape index (κ1) is 13.8. The zero-order valence-corrected chi connectivity index (χ0v) is 11.8. The molecule has 0 saturated carbocycles. The Morgan fingerprint density at radius 3 is 2.74 bits per heavy atom. The van der Waals surface area contributed by atoms with Crippen molar-refractivity contribution in [3.05, 3.63) is 22.9 Å². The van der Waals surface area contributed by atoms with E-state index in [-0.39, 0.29) is 11.4 Å². The lowest BCUT2D eigenvalue weighted by Crippen LogP contribution is -2.28. The van der Waals surface area contributed by atoms with Gasteiger partial charge in [0.1, 0.15) is 11.2 Å². The molecule has 104 valence electrons. The van der Waals surface area contributed by atoms with E-state index in [0.717, 1.165) is 43.4 Å². The van der Waals surface area contributed by atoms with E-state index in [9.17, 15) is 9.90 Å². The van der Waals surface area contributed by atoms with Crippen LogP contribution in [-0.4, -0.2) is 21.7 Å². The van der Waals surface area contributed by atoms with E-state index in [1.54, 1.807) is 6.07 Å². The normalized spacial score (nSPS) is 14.9. The molecule has 1 aromatic rings. The summed E-state index contributed by atoms with van der Waals surface area (Å²) in [7, 11) is 0. The first-order valence-corrected chi connectivity index (χ1v) is 6.88. The van der Waals surface area contributed by atoms with Gasteiger partial charge < -0.3 is 9.84 Å². The number of nitrogens with zero attached hydrogens (tertiary/aromatic N) is 1. The molecule has 0 atom stereocenters. The van der Waals surface area contributed by atoms with Gasteiger partial charge in [-0.25, -0.2) is 9.78 Å². The number of carboxylic acid groups (broad SMARTS) is 1. The average molecular weight is 263 g/mol. The monoisotopic (exact) mass is 263 g/mol. The SMILES string of the molecule is CCC(C)(C)Oc1nc2c(cc1C(=O)O)CCCC2. The maximum Gasteiger partial charge on any atom is 0.341 e. The third-order valence-electron chi connectivity index (χ3n) is 3.72. The fourth-order valence-electron chi connectivity index (χ4n) is 2.18. The van der Waals surface area contributed by atoms with E-state index in [1.165, 1.54) is 0 Å². The minimum atomic E-state index is -0.970. The molecule has 0 unspecified atom stereocenters. The van der Waals surface area contributed by atoms with Crippen molar-refractivity contribution >= 4 is 5.97 Å². The molecule has 0 radical (unpaired) electrons. The van der Waals surface area contributed by atoms with Crippen LogP contribution in [0.4, 0.5) is 0 Å². The molecule has 0 aliphatic heterocycles. The molecule has 0 fully saturated rings. The number of carboxylic acids is 1. The highest BCUT2D eigenvalue weighted by atomic mass is 16.5. The summed E-state index contributed by atoms with van der Waals surface area (Å²) < 4.78 is 5.82. The highest BCUT2D eigenvalue weighted by molar-refractivity contribution is 5.90. The van der Waals surface area contributed by atoms with Crippen molar-refractivity contribution in [1.82, 2.24) is 4.98 Å². The zero-order chi connectivity index (χ0) is 14.0. The van der Waals surface area contributed by atoms with Crippen molar-refractivity contribution in [2.75, 3.05) is 0 Å². The second-order valence-electron chi connectivity index (χ2n) is 5.67. The molecular formula is C15H21NO3. The van der Waals surface area contributed by atoms with Crippen LogP contribution in [-0.2, 0) is 12.8 Å². The third-order valence-corrected chi connectivity index (χ3v) is 3.72. The van der Waals surface area contributed by atoms with Crippen molar-refractivity contribution in [3.63, 3.8) is 0 Å². The molecule has 1 aliphatic carbocycles. The van der Waals surface area contributed by atoms with Gasteiger partial charge in [0.25, 0.3) is 0 Å². The van der Waals surface area contributed by atoms with Crippen LogP contribution < -0.4 is 4.74 Å². The van der Waals surface area contributed by atoms with Crippen LogP contribution in [0.2, 0.25) is 0 Å². The van der Waals surface area contributed by atoms with Gasteiger partial charge in [-0.1, -0.05) is 6.92 Å². The molecule has 0 bridgehead atoms. The van der Waals surface area contributed by atoms with Gasteiger partial charge in [-0.3, -0.25) is 0 Å². The average Bonchev–Trinajstić information content (AvgIpc) is 2.37. The van der Waals surface area contributed by atoms with E-state index in [1.807, 2.05) is 20.8 Å². The molecule has 4 heteroatoms. The minimum absolute atomic E-state index is 0.183. The van der Waals surface area contributed by atoms with Gasteiger partial charge in [-0.15, -0.1) is 0 Å². The lowest BCUT2D eigenvalue weighted by atomic mass is 9.95. The summed E-state index contributed by atoms with van der Waals surface area (Å²) in [6, 6.07) is 1.74. The summed E-state index contributed by atoms with van der Waals surface area (Å²) in [5.41, 5.74) is 1.84. The standard InChI is InChI=1S/C15H21NO3/c1-4-15(2,3)19-13-11(14(17)18)9-10-7-5-6-8-12(10)16-13/h9H,4-8H2,1-3H3,(H,17,18). The van der Waals surface area contributed by atoms with Crippen LogP contribution in [0.3, 0.4) is 0 Å². The maximum atomic E-state index is 11.4. The van der Waals surface area contributed by atoms with Crippen LogP contribution in [0.5, 0.6) is 5.88 Å². The Bertz CT molecular complexity index is 494. The van der Waals surface area contributed by atoms with Crippen molar-refractivity contribution in [2.45, 2.75) is 58.5 Å². The number of fused-ring (bicyclic) bond motifs is 1. The maximum absolute atomic E-state index is 11.4. The Kier molecular flexibility index (Phi) is 3.78. The molecule has 1 N–H and O–H groups in total. The van der Waals surface area contributed by atoms with Crippen LogP contribution in [0.15, 0.2) is 6.07 Å². The predicted octanol–water partition coefficient (Wildman–Crippen LogP) is 3.23. The quantitative estimate of drug-likeness (QED) is 0.906. The van der Waals surface area contributed by atoms with Crippen molar-refractivity contribution < 1.29 is 14.6 Å². The summed E-state index contributed by atoms with van der Waals surface area (Å²) >= 11 is 0. The molecule has 0 amide bonds. The van der Waals surface area contributed by atoms with E-state index < -0.39 is 11.6 Å². The van der Waals surface area contributed by atoms with Gasteiger partial charge in [0.05, 0.1) is 0 Å². The van der Waals surface area contributed by atoms with E-state index in [4.69, 9.17) is 4.74 Å². The Balaban J connectivity index is 2.43. The first-order chi connectivity index (χ1) is 8.93. The number of aryl methyl sites for hydroxylation is 2. The van der Waals surface area contributed by atoms with Gasteiger partial charge in [0.2, 0.25) is 5.88 Å². The molecule has 1 aromatic heterocycles. The summed E-state index contributed by atoms with van der Waals surface area (Å²) in [5, 5.41) is 9.32. The molecule has 1 heterocycles. The van der Waals surface area contributed by atoms with Crippen LogP contribution in [0.1, 0.15) is 61.6 Å². The fourth-order valence-corrected chi connectivity index (χ4v) is 2.18. The number of aromatic nitrogens is 1. The number of pyridine rings is 1. The molecule has 0 spiro atoms. The number of hydrogen-bond donors (Lipinski definition) is 1. The van der Waals surface area contributed by atoms with Gasteiger partial charge in [-0.05, 0) is 57.6 Å². The second-order valence-corrected chi connectivity index (χ2v) is 5.67. The predicted molar refractivity (Wildman–Crippen MR) is 72.8 cm³/mol. The van der Waals surface area contributed by atoms with Gasteiger partial charge >= 0.3 is 5.97 Å². The molecule has 19 heavy (non-hydrogen) atoms. The Morgan fingerprint density at radius 1 is 1.42 bits per heavy atom. The Hall–Kier alpha value is -1.58. The first-order valence-electron chi connectivity index (χ1n) is 6.88. The molecule has 4 nitrogen and oxygen atoms in total. The lowest BCUT2D eigenvalue weighted by Gasteiger charge is -2.26. The van der Waals surface area contributed by atoms with Crippen LogP contribution >= 0.6 is 0 Å². The summed E-state index contributed by atoms with van der Waals surface area (Å²) in [5.74, 6) is -0.706. The number of aromatic carboxylic acids is 1. The molecule has 2 rings (SSSR count).